The van der Waals surface area contributed by atoms with Gasteiger partial charge in [0, 0.05) is 35.2 Å². The second kappa shape index (κ2) is 5.92. The SMILES string of the molecule is CC(N)c1ccc(Br)cc1N1CCC(C(N)=O)CC1. The van der Waals surface area contributed by atoms with Gasteiger partial charge in [-0.15, -0.1) is 0 Å². The van der Waals surface area contributed by atoms with Gasteiger partial charge in [0.15, 0.2) is 0 Å². The summed E-state index contributed by atoms with van der Waals surface area (Å²) < 4.78 is 1.05. The molecular weight excluding hydrogens is 306 g/mol. The molecule has 1 aromatic carbocycles. The Hall–Kier alpha value is -1.07. The van der Waals surface area contributed by atoms with Crippen molar-refractivity contribution in [3.05, 3.63) is 28.2 Å². The summed E-state index contributed by atoms with van der Waals surface area (Å²) in [6, 6.07) is 6.17. The van der Waals surface area contributed by atoms with Gasteiger partial charge in [-0.3, -0.25) is 4.79 Å². The zero-order valence-electron chi connectivity index (χ0n) is 11.1. The minimum atomic E-state index is -0.179. The van der Waals surface area contributed by atoms with Gasteiger partial charge in [0.1, 0.15) is 0 Å². The number of carbonyl (C=O) groups excluding carboxylic acids is 1. The minimum absolute atomic E-state index is 0.00281. The van der Waals surface area contributed by atoms with Crippen LogP contribution < -0.4 is 16.4 Å². The van der Waals surface area contributed by atoms with Crippen molar-refractivity contribution in [1.82, 2.24) is 0 Å². The van der Waals surface area contributed by atoms with Crippen molar-refractivity contribution in [2.45, 2.75) is 25.8 Å². The molecule has 0 bridgehead atoms. The van der Waals surface area contributed by atoms with Crippen LogP contribution in [0, 0.1) is 5.92 Å². The summed E-state index contributed by atoms with van der Waals surface area (Å²) in [4.78, 5) is 13.5. The van der Waals surface area contributed by atoms with Crippen molar-refractivity contribution in [3.8, 4) is 0 Å². The number of hydrogen-bond donors (Lipinski definition) is 2. The first-order valence-corrected chi connectivity index (χ1v) is 7.37. The summed E-state index contributed by atoms with van der Waals surface area (Å²) in [5.74, 6) is -0.163. The highest BCUT2D eigenvalue weighted by Gasteiger charge is 2.24. The summed E-state index contributed by atoms with van der Waals surface area (Å²) in [6.45, 7) is 3.69. The maximum absolute atomic E-state index is 11.2. The van der Waals surface area contributed by atoms with Crippen LogP contribution in [0.15, 0.2) is 22.7 Å². The topological polar surface area (TPSA) is 72.3 Å². The van der Waals surface area contributed by atoms with Crippen LogP contribution in [-0.4, -0.2) is 19.0 Å². The lowest BCUT2D eigenvalue weighted by Gasteiger charge is -2.34. The van der Waals surface area contributed by atoms with Gasteiger partial charge in [-0.25, -0.2) is 0 Å². The van der Waals surface area contributed by atoms with Crippen LogP contribution in [0.3, 0.4) is 0 Å². The molecule has 1 heterocycles. The van der Waals surface area contributed by atoms with Crippen LogP contribution in [0.4, 0.5) is 5.69 Å². The molecule has 19 heavy (non-hydrogen) atoms. The number of amides is 1. The first kappa shape index (κ1) is 14.3. The number of anilines is 1. The first-order valence-electron chi connectivity index (χ1n) is 6.58. The van der Waals surface area contributed by atoms with E-state index in [1.807, 2.05) is 13.0 Å². The van der Waals surface area contributed by atoms with E-state index in [4.69, 9.17) is 11.5 Å². The van der Waals surface area contributed by atoms with Crippen molar-refractivity contribution < 1.29 is 4.79 Å². The van der Waals surface area contributed by atoms with Gasteiger partial charge in [0.05, 0.1) is 0 Å². The maximum atomic E-state index is 11.2. The fraction of sp³-hybridized carbons (Fsp3) is 0.500. The molecule has 1 amide bonds. The molecule has 1 atom stereocenters. The van der Waals surface area contributed by atoms with Gasteiger partial charge < -0.3 is 16.4 Å². The van der Waals surface area contributed by atoms with Gasteiger partial charge in [-0.1, -0.05) is 22.0 Å². The standard InChI is InChI=1S/C14H20BrN3O/c1-9(16)12-3-2-11(15)8-13(12)18-6-4-10(5-7-18)14(17)19/h2-3,8-10H,4-7,16H2,1H3,(H2,17,19). The third kappa shape index (κ3) is 3.28. The number of primary amides is 1. The van der Waals surface area contributed by atoms with E-state index in [0.717, 1.165) is 41.7 Å². The monoisotopic (exact) mass is 325 g/mol. The van der Waals surface area contributed by atoms with E-state index in [0.29, 0.717) is 0 Å². The Bertz CT molecular complexity index is 468. The van der Waals surface area contributed by atoms with Crippen molar-refractivity contribution in [2.24, 2.45) is 17.4 Å². The molecule has 1 aliphatic heterocycles. The Morgan fingerprint density at radius 2 is 2.05 bits per heavy atom. The molecule has 1 fully saturated rings. The molecule has 4 nitrogen and oxygen atoms in total. The van der Waals surface area contributed by atoms with E-state index >= 15 is 0 Å². The summed E-state index contributed by atoms with van der Waals surface area (Å²) >= 11 is 3.51. The lowest BCUT2D eigenvalue weighted by molar-refractivity contribution is -0.122. The Morgan fingerprint density at radius 1 is 1.42 bits per heavy atom. The third-order valence-corrected chi connectivity index (χ3v) is 4.21. The van der Waals surface area contributed by atoms with Gasteiger partial charge in [0.2, 0.25) is 5.91 Å². The first-order chi connectivity index (χ1) is 8.99. The smallest absolute Gasteiger partial charge is 0.220 e. The average molecular weight is 326 g/mol. The lowest BCUT2D eigenvalue weighted by Crippen LogP contribution is -2.39. The number of benzene rings is 1. The van der Waals surface area contributed by atoms with Gasteiger partial charge >= 0.3 is 0 Å². The zero-order chi connectivity index (χ0) is 14.0. The van der Waals surface area contributed by atoms with Crippen LogP contribution in [0.2, 0.25) is 0 Å². The molecule has 0 saturated carbocycles. The average Bonchev–Trinajstić information content (AvgIpc) is 2.38. The summed E-state index contributed by atoms with van der Waals surface area (Å²) in [6.07, 6.45) is 1.64. The second-order valence-corrected chi connectivity index (χ2v) is 6.07. The second-order valence-electron chi connectivity index (χ2n) is 5.16. The zero-order valence-corrected chi connectivity index (χ0v) is 12.7. The normalized spacial score (nSPS) is 18.4. The van der Waals surface area contributed by atoms with E-state index in [9.17, 15) is 4.79 Å². The highest BCUT2D eigenvalue weighted by molar-refractivity contribution is 9.10. The van der Waals surface area contributed by atoms with Crippen molar-refractivity contribution in [3.63, 3.8) is 0 Å². The van der Waals surface area contributed by atoms with E-state index in [2.05, 4.69) is 33.0 Å². The molecule has 104 valence electrons. The molecule has 5 heteroatoms. The van der Waals surface area contributed by atoms with Crippen LogP contribution in [0.25, 0.3) is 0 Å². The molecule has 1 saturated heterocycles. The molecule has 1 unspecified atom stereocenters. The van der Waals surface area contributed by atoms with Crippen LogP contribution in [0.5, 0.6) is 0 Å². The number of carbonyl (C=O) groups is 1. The summed E-state index contributed by atoms with van der Waals surface area (Å²) in [5.41, 5.74) is 13.7. The van der Waals surface area contributed by atoms with Crippen molar-refractivity contribution >= 4 is 27.5 Å². The van der Waals surface area contributed by atoms with E-state index in [1.165, 1.54) is 0 Å². The van der Waals surface area contributed by atoms with Crippen LogP contribution in [0.1, 0.15) is 31.4 Å². The Kier molecular flexibility index (Phi) is 4.47. The maximum Gasteiger partial charge on any atom is 0.220 e. The molecule has 0 spiro atoms. The highest BCUT2D eigenvalue weighted by Crippen LogP contribution is 2.31. The van der Waals surface area contributed by atoms with Crippen LogP contribution in [-0.2, 0) is 4.79 Å². The molecule has 2 rings (SSSR count). The fourth-order valence-electron chi connectivity index (χ4n) is 2.58. The fourth-order valence-corrected chi connectivity index (χ4v) is 2.93. The van der Waals surface area contributed by atoms with Gasteiger partial charge in [-0.05, 0) is 37.5 Å². The number of piperidine rings is 1. The predicted octanol–water partition coefficient (Wildman–Crippen LogP) is 2.17. The van der Waals surface area contributed by atoms with Gasteiger partial charge in [-0.2, -0.15) is 0 Å². The van der Waals surface area contributed by atoms with Crippen molar-refractivity contribution in [1.29, 1.82) is 0 Å². The quantitative estimate of drug-likeness (QED) is 0.894. The minimum Gasteiger partial charge on any atom is -0.371 e. The van der Waals surface area contributed by atoms with E-state index in [1.54, 1.807) is 0 Å². The predicted molar refractivity (Wildman–Crippen MR) is 80.9 cm³/mol. The number of nitrogens with zero attached hydrogens (tertiary/aromatic N) is 1. The third-order valence-electron chi connectivity index (χ3n) is 3.72. The Labute approximate surface area is 122 Å². The number of hydrogen-bond acceptors (Lipinski definition) is 3. The van der Waals surface area contributed by atoms with Crippen molar-refractivity contribution in [2.75, 3.05) is 18.0 Å². The molecule has 1 aliphatic rings. The lowest BCUT2D eigenvalue weighted by atomic mass is 9.95. The van der Waals surface area contributed by atoms with E-state index < -0.39 is 0 Å². The number of halogens is 1. The number of nitrogens with two attached hydrogens (primary N) is 2. The molecule has 0 aliphatic carbocycles. The molecular formula is C14H20BrN3O. The number of rotatable bonds is 3. The summed E-state index contributed by atoms with van der Waals surface area (Å²) in [5, 5.41) is 0. The van der Waals surface area contributed by atoms with Gasteiger partial charge in [0.25, 0.3) is 0 Å². The largest absolute Gasteiger partial charge is 0.371 e. The molecule has 4 N–H and O–H groups in total. The highest BCUT2D eigenvalue weighted by atomic mass is 79.9. The molecule has 0 radical (unpaired) electrons. The van der Waals surface area contributed by atoms with E-state index in [-0.39, 0.29) is 17.9 Å². The van der Waals surface area contributed by atoms with Crippen LogP contribution >= 0.6 is 15.9 Å². The summed E-state index contributed by atoms with van der Waals surface area (Å²) in [7, 11) is 0. The Morgan fingerprint density at radius 3 is 2.58 bits per heavy atom. The molecule has 1 aromatic rings. The molecule has 0 aromatic heterocycles. The Balaban J connectivity index is 2.19.